The van der Waals surface area contributed by atoms with Gasteiger partial charge in [0.1, 0.15) is 24.0 Å². The fourth-order valence-electron chi connectivity index (χ4n) is 3.20. The lowest BCUT2D eigenvalue weighted by Crippen LogP contribution is -2.61. The highest BCUT2D eigenvalue weighted by atomic mass is 19.4. The molecule has 2 heterocycles. The minimum absolute atomic E-state index is 0.235. The first-order valence-corrected chi connectivity index (χ1v) is 9.34. The third kappa shape index (κ3) is 4.82. The Morgan fingerprint density at radius 1 is 1.13 bits per heavy atom. The van der Waals surface area contributed by atoms with Crippen molar-refractivity contribution in [3.8, 4) is 5.88 Å². The number of alkyl halides is 3. The van der Waals surface area contributed by atoms with Crippen molar-refractivity contribution in [1.82, 2.24) is 10.2 Å². The number of benzene rings is 1. The number of aryl methyl sites for hydroxylation is 1. The van der Waals surface area contributed by atoms with Gasteiger partial charge in [-0.2, -0.15) is 13.2 Å². The molecule has 170 valence electrons. The number of carboxylic acid groups (broad SMARTS) is 1. The van der Waals surface area contributed by atoms with Gasteiger partial charge in [0, 0.05) is 6.42 Å². The van der Waals surface area contributed by atoms with Gasteiger partial charge in [-0.15, -0.1) is 5.10 Å². The van der Waals surface area contributed by atoms with Crippen LogP contribution >= 0.6 is 0 Å². The number of halogens is 3. The number of aromatic amines is 1. The van der Waals surface area contributed by atoms with Crippen LogP contribution in [0.15, 0.2) is 24.3 Å². The summed E-state index contributed by atoms with van der Waals surface area (Å²) in [6, 6.07) is 6.85. The third-order valence-electron chi connectivity index (χ3n) is 4.97. The van der Waals surface area contributed by atoms with E-state index in [1.54, 1.807) is 24.3 Å². The van der Waals surface area contributed by atoms with Crippen LogP contribution in [0.3, 0.4) is 0 Å². The van der Waals surface area contributed by atoms with Gasteiger partial charge < -0.3 is 29.9 Å². The number of aliphatic carboxylic acids is 1. The van der Waals surface area contributed by atoms with E-state index < -0.39 is 54.4 Å². The van der Waals surface area contributed by atoms with Crippen molar-refractivity contribution in [1.29, 1.82) is 0 Å². The molecule has 1 saturated heterocycles. The Morgan fingerprint density at radius 3 is 2.29 bits per heavy atom. The maximum atomic E-state index is 13.5. The molecule has 1 aromatic heterocycles. The van der Waals surface area contributed by atoms with Crippen LogP contribution in [-0.4, -0.2) is 67.3 Å². The van der Waals surface area contributed by atoms with Crippen molar-refractivity contribution >= 4 is 5.97 Å². The van der Waals surface area contributed by atoms with Crippen molar-refractivity contribution in [3.05, 3.63) is 46.6 Å². The molecule has 3 rings (SSSR count). The number of aromatic nitrogens is 2. The smallest absolute Gasteiger partial charge is 0.433 e. The molecule has 5 atom stereocenters. The number of nitrogens with zero attached hydrogens (tertiary/aromatic N) is 1. The molecular formula is C19H21F3N2O7. The van der Waals surface area contributed by atoms with Gasteiger partial charge in [-0.3, -0.25) is 5.10 Å². The highest BCUT2D eigenvalue weighted by molar-refractivity contribution is 5.73. The van der Waals surface area contributed by atoms with Crippen LogP contribution in [0.1, 0.15) is 29.3 Å². The van der Waals surface area contributed by atoms with Crippen LogP contribution < -0.4 is 4.74 Å². The summed E-state index contributed by atoms with van der Waals surface area (Å²) in [5.74, 6) is -2.23. The molecule has 0 saturated carbocycles. The number of aliphatic hydroxyl groups excluding tert-OH is 3. The van der Waals surface area contributed by atoms with E-state index in [1.165, 1.54) is 0 Å². The van der Waals surface area contributed by atoms with Crippen LogP contribution in [0.2, 0.25) is 0 Å². The van der Waals surface area contributed by atoms with Gasteiger partial charge in [-0.05, 0) is 17.5 Å². The first-order valence-electron chi connectivity index (χ1n) is 9.34. The maximum Gasteiger partial charge on any atom is 0.433 e. The Morgan fingerprint density at radius 2 is 1.74 bits per heavy atom. The number of H-pyrrole nitrogens is 1. The number of carboxylic acids is 1. The van der Waals surface area contributed by atoms with Gasteiger partial charge >= 0.3 is 12.1 Å². The van der Waals surface area contributed by atoms with Gasteiger partial charge in [-0.1, -0.05) is 31.2 Å². The summed E-state index contributed by atoms with van der Waals surface area (Å²) in [6.07, 6.45) is -14.0. The second-order valence-corrected chi connectivity index (χ2v) is 7.08. The standard InChI is InChI=1S/C19H21F3N2O7/c1-2-8-3-5-9(6-4-8)7-10-15(19(20,21)22)23-24-16(10)31-18-13(27)11(25)12(26)14(30-18)17(28)29/h3-6,11-14,18,25-27H,2,7H2,1H3,(H,23,24)(H,28,29)/t11-,12-,13+,14-,18?/m0/s1. The molecule has 5 N–H and O–H groups in total. The number of ether oxygens (including phenoxy) is 2. The molecule has 9 nitrogen and oxygen atoms in total. The van der Waals surface area contributed by atoms with Gasteiger partial charge in [0.15, 0.2) is 6.10 Å². The molecule has 31 heavy (non-hydrogen) atoms. The average Bonchev–Trinajstić information content (AvgIpc) is 3.11. The molecule has 0 amide bonds. The summed E-state index contributed by atoms with van der Waals surface area (Å²) < 4.78 is 50.6. The summed E-state index contributed by atoms with van der Waals surface area (Å²) in [4.78, 5) is 11.2. The normalized spacial score (nSPS) is 26.6. The van der Waals surface area contributed by atoms with E-state index >= 15 is 0 Å². The van der Waals surface area contributed by atoms with E-state index in [-0.39, 0.29) is 12.0 Å². The number of hydrogen-bond acceptors (Lipinski definition) is 7. The average molecular weight is 446 g/mol. The monoisotopic (exact) mass is 446 g/mol. The van der Waals surface area contributed by atoms with Crippen LogP contribution in [0, 0.1) is 0 Å². The van der Waals surface area contributed by atoms with Gasteiger partial charge in [0.25, 0.3) is 0 Å². The van der Waals surface area contributed by atoms with E-state index in [9.17, 15) is 33.3 Å². The predicted molar refractivity (Wildman–Crippen MR) is 97.2 cm³/mol. The highest BCUT2D eigenvalue weighted by Gasteiger charge is 2.49. The topological polar surface area (TPSA) is 145 Å². The number of rotatable bonds is 6. The summed E-state index contributed by atoms with van der Waals surface area (Å²) in [5.41, 5.74) is -0.0462. The Labute approximate surface area is 174 Å². The van der Waals surface area contributed by atoms with E-state index in [0.29, 0.717) is 5.56 Å². The van der Waals surface area contributed by atoms with Crippen molar-refractivity contribution < 1.29 is 47.9 Å². The zero-order valence-corrected chi connectivity index (χ0v) is 16.2. The van der Waals surface area contributed by atoms with Crippen LogP contribution in [-0.2, 0) is 28.5 Å². The molecule has 1 unspecified atom stereocenters. The molecule has 0 bridgehead atoms. The summed E-state index contributed by atoms with van der Waals surface area (Å²) in [7, 11) is 0. The molecule has 1 fully saturated rings. The summed E-state index contributed by atoms with van der Waals surface area (Å²) in [5, 5.41) is 44.1. The quantitative estimate of drug-likeness (QED) is 0.439. The van der Waals surface area contributed by atoms with Gasteiger partial charge in [0.05, 0.1) is 5.56 Å². The second kappa shape index (κ2) is 8.83. The highest BCUT2D eigenvalue weighted by Crippen LogP contribution is 2.36. The Hall–Kier alpha value is -2.67. The summed E-state index contributed by atoms with van der Waals surface area (Å²) >= 11 is 0. The molecule has 0 radical (unpaired) electrons. The fourth-order valence-corrected chi connectivity index (χ4v) is 3.20. The molecular weight excluding hydrogens is 425 g/mol. The zero-order chi connectivity index (χ0) is 22.9. The third-order valence-corrected chi connectivity index (χ3v) is 4.97. The minimum Gasteiger partial charge on any atom is -0.479 e. The zero-order valence-electron chi connectivity index (χ0n) is 16.2. The molecule has 0 spiro atoms. The lowest BCUT2D eigenvalue weighted by Gasteiger charge is -2.38. The number of hydrogen-bond donors (Lipinski definition) is 5. The van der Waals surface area contributed by atoms with Crippen molar-refractivity contribution in [2.75, 3.05) is 0 Å². The minimum atomic E-state index is -4.79. The molecule has 1 aromatic carbocycles. The lowest BCUT2D eigenvalue weighted by molar-refractivity contribution is -0.271. The van der Waals surface area contributed by atoms with Crippen LogP contribution in [0.5, 0.6) is 5.88 Å². The Balaban J connectivity index is 1.91. The predicted octanol–water partition coefficient (Wildman–Crippen LogP) is 0.853. The Kier molecular flexibility index (Phi) is 6.55. The number of carbonyl (C=O) groups is 1. The molecule has 0 aliphatic carbocycles. The van der Waals surface area contributed by atoms with Crippen molar-refractivity contribution in [3.63, 3.8) is 0 Å². The van der Waals surface area contributed by atoms with Gasteiger partial charge in [0.2, 0.25) is 12.2 Å². The Bertz CT molecular complexity index is 916. The first-order chi connectivity index (χ1) is 14.5. The molecule has 12 heteroatoms. The van der Waals surface area contributed by atoms with Crippen molar-refractivity contribution in [2.24, 2.45) is 0 Å². The van der Waals surface area contributed by atoms with E-state index in [1.807, 2.05) is 12.0 Å². The largest absolute Gasteiger partial charge is 0.479 e. The second-order valence-electron chi connectivity index (χ2n) is 7.08. The van der Waals surface area contributed by atoms with Crippen LogP contribution in [0.4, 0.5) is 13.2 Å². The van der Waals surface area contributed by atoms with Crippen LogP contribution in [0.25, 0.3) is 0 Å². The van der Waals surface area contributed by atoms with Crippen molar-refractivity contribution in [2.45, 2.75) is 56.6 Å². The molecule has 1 aliphatic heterocycles. The number of aliphatic hydroxyl groups is 3. The number of nitrogens with one attached hydrogen (secondary N) is 1. The first kappa shape index (κ1) is 23.0. The van der Waals surface area contributed by atoms with E-state index in [0.717, 1.165) is 12.0 Å². The summed E-state index contributed by atoms with van der Waals surface area (Å²) in [6.45, 7) is 1.93. The SMILES string of the molecule is CCc1ccc(Cc2c(OC3O[C@H](C(=O)O)[C@@H](O)[C@H](O)[C@H]3O)n[nH]c2C(F)(F)F)cc1. The molecule has 1 aliphatic rings. The van der Waals surface area contributed by atoms with Gasteiger partial charge in [-0.25, -0.2) is 4.79 Å². The van der Waals surface area contributed by atoms with E-state index in [2.05, 4.69) is 5.10 Å². The maximum absolute atomic E-state index is 13.5. The lowest BCUT2D eigenvalue weighted by atomic mass is 9.99. The molecule has 2 aromatic rings. The fraction of sp³-hybridized carbons (Fsp3) is 0.474. The van der Waals surface area contributed by atoms with E-state index in [4.69, 9.17) is 14.6 Å².